The van der Waals surface area contributed by atoms with Crippen molar-refractivity contribution in [2.24, 2.45) is 5.92 Å². The van der Waals surface area contributed by atoms with Crippen molar-refractivity contribution in [2.45, 2.75) is 26.1 Å². The molecule has 0 aromatic carbocycles. The summed E-state index contributed by atoms with van der Waals surface area (Å²) >= 11 is 0. The number of hydrogen-bond acceptors (Lipinski definition) is 3. The zero-order valence-electron chi connectivity index (χ0n) is 9.19. The molecule has 0 bridgehead atoms. The Morgan fingerprint density at radius 1 is 1.73 bits per heavy atom. The van der Waals surface area contributed by atoms with Crippen LogP contribution in [0.4, 0.5) is 0 Å². The maximum Gasteiger partial charge on any atom is 0.376 e. The molecule has 4 nitrogen and oxygen atoms in total. The first kappa shape index (κ1) is 10.7. The summed E-state index contributed by atoms with van der Waals surface area (Å²) in [6.07, 6.45) is 7.10. The average molecular weight is 207 g/mol. The van der Waals surface area contributed by atoms with Gasteiger partial charge in [-0.05, 0) is 45.1 Å². The lowest BCUT2D eigenvalue weighted by Gasteiger charge is -2.33. The van der Waals surface area contributed by atoms with Gasteiger partial charge in [-0.25, -0.2) is 4.98 Å². The molecule has 82 valence electrons. The van der Waals surface area contributed by atoms with Crippen LogP contribution in [-0.2, 0) is 6.42 Å². The molecule has 2 N–H and O–H groups in total. The van der Waals surface area contributed by atoms with Crippen molar-refractivity contribution in [3.63, 3.8) is 0 Å². The van der Waals surface area contributed by atoms with Gasteiger partial charge in [0.05, 0.1) is 6.33 Å². The molecule has 1 aromatic heterocycles. The van der Waals surface area contributed by atoms with Crippen molar-refractivity contribution in [1.29, 1.82) is 0 Å². The first-order valence-corrected chi connectivity index (χ1v) is 5.65. The molecular weight excluding hydrogens is 189 g/mol. The summed E-state index contributed by atoms with van der Waals surface area (Å²) in [6, 6.07) is 0. The lowest BCUT2D eigenvalue weighted by Crippen LogP contribution is -2.44. The molecule has 0 radical (unpaired) electrons. The summed E-state index contributed by atoms with van der Waals surface area (Å²) in [4.78, 5) is 9.30. The highest BCUT2D eigenvalue weighted by Gasteiger charge is 2.24. The van der Waals surface area contributed by atoms with Crippen molar-refractivity contribution < 1.29 is 5.02 Å². The molecule has 1 aliphatic heterocycles. The van der Waals surface area contributed by atoms with Crippen LogP contribution in [0.2, 0.25) is 6.82 Å². The molecule has 5 heteroatoms. The van der Waals surface area contributed by atoms with Crippen molar-refractivity contribution in [1.82, 2.24) is 14.8 Å². The second-order valence-corrected chi connectivity index (χ2v) is 4.42. The quantitative estimate of drug-likeness (QED) is 0.720. The van der Waals surface area contributed by atoms with Crippen LogP contribution in [0.1, 0.15) is 18.5 Å². The average Bonchev–Trinajstić information content (AvgIpc) is 2.71. The third kappa shape index (κ3) is 2.82. The Labute approximate surface area is 90.8 Å². The number of nitrogens with one attached hydrogen (secondary N) is 1. The third-order valence-corrected chi connectivity index (χ3v) is 3.14. The molecule has 0 aliphatic carbocycles. The van der Waals surface area contributed by atoms with E-state index >= 15 is 0 Å². The van der Waals surface area contributed by atoms with E-state index < -0.39 is 0 Å². The number of hydrogen-bond donors (Lipinski definition) is 2. The maximum absolute atomic E-state index is 9.53. The number of piperidine rings is 1. The van der Waals surface area contributed by atoms with Crippen LogP contribution in [0.15, 0.2) is 12.5 Å². The molecule has 2 rings (SSSR count). The molecule has 1 saturated heterocycles. The predicted octanol–water partition coefficient (Wildman–Crippen LogP) is 0.774. The minimum atomic E-state index is -0.311. The molecule has 1 fully saturated rings. The fourth-order valence-corrected chi connectivity index (χ4v) is 2.31. The molecule has 0 saturated carbocycles. The van der Waals surface area contributed by atoms with E-state index in [-0.39, 0.29) is 7.05 Å². The van der Waals surface area contributed by atoms with Gasteiger partial charge < -0.3 is 14.8 Å². The Bertz CT molecular complexity index is 289. The van der Waals surface area contributed by atoms with Crippen molar-refractivity contribution in [3.8, 4) is 0 Å². The summed E-state index contributed by atoms with van der Waals surface area (Å²) in [7, 11) is -0.311. The SMILES string of the molecule is CB(O)N1CCC[C@H](Cc2cnc[nH]2)C1. The zero-order valence-corrected chi connectivity index (χ0v) is 9.19. The lowest BCUT2D eigenvalue weighted by molar-refractivity contribution is 0.241. The molecule has 0 unspecified atom stereocenters. The van der Waals surface area contributed by atoms with Crippen LogP contribution in [0, 0.1) is 5.92 Å². The van der Waals surface area contributed by atoms with E-state index in [1.54, 1.807) is 6.33 Å². The number of nitrogens with zero attached hydrogens (tertiary/aromatic N) is 2. The van der Waals surface area contributed by atoms with Gasteiger partial charge >= 0.3 is 7.05 Å². The van der Waals surface area contributed by atoms with E-state index in [2.05, 4.69) is 14.8 Å². The first-order valence-electron chi connectivity index (χ1n) is 5.65. The van der Waals surface area contributed by atoms with Crippen molar-refractivity contribution in [2.75, 3.05) is 13.1 Å². The van der Waals surface area contributed by atoms with Crippen molar-refractivity contribution in [3.05, 3.63) is 18.2 Å². The van der Waals surface area contributed by atoms with Gasteiger partial charge in [0.1, 0.15) is 0 Å². The predicted molar refractivity (Wildman–Crippen MR) is 60.4 cm³/mol. The smallest absolute Gasteiger partial charge is 0.376 e. The fraction of sp³-hybridized carbons (Fsp3) is 0.700. The largest absolute Gasteiger partial charge is 0.437 e. The summed E-state index contributed by atoms with van der Waals surface area (Å²) in [5.74, 6) is 0.647. The zero-order chi connectivity index (χ0) is 10.7. The van der Waals surface area contributed by atoms with Gasteiger partial charge in [0, 0.05) is 11.9 Å². The van der Waals surface area contributed by atoms with Crippen LogP contribution < -0.4 is 0 Å². The van der Waals surface area contributed by atoms with E-state index in [1.807, 2.05) is 13.0 Å². The highest BCUT2D eigenvalue weighted by molar-refractivity contribution is 6.45. The number of aromatic nitrogens is 2. The molecule has 0 amide bonds. The van der Waals surface area contributed by atoms with E-state index in [0.29, 0.717) is 5.92 Å². The van der Waals surface area contributed by atoms with E-state index in [4.69, 9.17) is 0 Å². The Morgan fingerprint density at radius 2 is 2.60 bits per heavy atom. The Kier molecular flexibility index (Phi) is 3.43. The van der Waals surface area contributed by atoms with Gasteiger partial charge in [-0.1, -0.05) is 0 Å². The van der Waals surface area contributed by atoms with Crippen LogP contribution in [0.5, 0.6) is 0 Å². The topological polar surface area (TPSA) is 52.1 Å². The summed E-state index contributed by atoms with van der Waals surface area (Å²) in [5.41, 5.74) is 1.20. The number of aromatic amines is 1. The van der Waals surface area contributed by atoms with Gasteiger partial charge in [0.25, 0.3) is 0 Å². The molecule has 1 aromatic rings. The van der Waals surface area contributed by atoms with Crippen LogP contribution in [0.3, 0.4) is 0 Å². The molecule has 15 heavy (non-hydrogen) atoms. The van der Waals surface area contributed by atoms with Gasteiger partial charge in [-0.15, -0.1) is 0 Å². The first-order chi connectivity index (χ1) is 7.25. The molecule has 0 spiro atoms. The molecule has 2 heterocycles. The van der Waals surface area contributed by atoms with Crippen LogP contribution in [-0.4, -0.2) is 39.9 Å². The monoisotopic (exact) mass is 207 g/mol. The highest BCUT2D eigenvalue weighted by Crippen LogP contribution is 2.20. The van der Waals surface area contributed by atoms with E-state index in [9.17, 15) is 5.02 Å². The second-order valence-electron chi connectivity index (χ2n) is 4.42. The van der Waals surface area contributed by atoms with Crippen LogP contribution in [0.25, 0.3) is 0 Å². The number of H-pyrrole nitrogens is 1. The van der Waals surface area contributed by atoms with Gasteiger partial charge in [-0.3, -0.25) is 0 Å². The summed E-state index contributed by atoms with van der Waals surface area (Å²) in [5, 5.41) is 9.53. The third-order valence-electron chi connectivity index (χ3n) is 3.14. The summed E-state index contributed by atoms with van der Waals surface area (Å²) in [6.45, 7) is 3.87. The number of rotatable bonds is 3. The lowest BCUT2D eigenvalue weighted by atomic mass is 9.80. The second kappa shape index (κ2) is 4.81. The van der Waals surface area contributed by atoms with E-state index in [0.717, 1.165) is 19.5 Å². The van der Waals surface area contributed by atoms with E-state index in [1.165, 1.54) is 18.5 Å². The van der Waals surface area contributed by atoms with Gasteiger partial charge in [0.2, 0.25) is 0 Å². The standard InChI is InChI=1S/C10H18BN3O/c1-11(15)14-4-2-3-9(7-14)5-10-6-12-8-13-10/h6,8-9,15H,2-5,7H2,1H3,(H,12,13)/t9-/m1/s1. The minimum Gasteiger partial charge on any atom is -0.437 e. The summed E-state index contributed by atoms with van der Waals surface area (Å²) < 4.78 is 0. The molecule has 1 aliphatic rings. The molecular formula is C10H18BN3O. The Balaban J connectivity index is 1.88. The minimum absolute atomic E-state index is 0.311. The fourth-order valence-electron chi connectivity index (χ4n) is 2.31. The maximum atomic E-state index is 9.53. The molecule has 1 atom stereocenters. The Hall–Kier alpha value is -0.805. The number of imidazole rings is 1. The van der Waals surface area contributed by atoms with Crippen LogP contribution >= 0.6 is 0 Å². The van der Waals surface area contributed by atoms with Crippen molar-refractivity contribution >= 4 is 7.05 Å². The normalized spacial score (nSPS) is 22.9. The van der Waals surface area contributed by atoms with Gasteiger partial charge in [0.15, 0.2) is 0 Å². The van der Waals surface area contributed by atoms with Gasteiger partial charge in [-0.2, -0.15) is 0 Å². The Morgan fingerprint density at radius 3 is 3.27 bits per heavy atom. The highest BCUT2D eigenvalue weighted by atomic mass is 16.2.